The molecule has 0 saturated carbocycles. The second-order valence-electron chi connectivity index (χ2n) is 4.49. The van der Waals surface area contributed by atoms with Gasteiger partial charge in [-0.25, -0.2) is 0 Å². The first-order chi connectivity index (χ1) is 7.86. The summed E-state index contributed by atoms with van der Waals surface area (Å²) in [4.78, 5) is 11.1. The van der Waals surface area contributed by atoms with Crippen molar-refractivity contribution in [2.45, 2.75) is 19.3 Å². The third kappa shape index (κ3) is 4.65. The first-order valence-electron chi connectivity index (χ1n) is 5.29. The van der Waals surface area contributed by atoms with Gasteiger partial charge in [0.15, 0.2) is 0 Å². The molecule has 0 bridgehead atoms. The van der Waals surface area contributed by atoms with Gasteiger partial charge in [0.1, 0.15) is 0 Å². The van der Waals surface area contributed by atoms with Crippen LogP contribution in [-0.4, -0.2) is 19.0 Å². The topological polar surface area (TPSA) is 55.1 Å². The molecule has 0 saturated heterocycles. The molecule has 0 aliphatic rings. The van der Waals surface area contributed by atoms with E-state index in [0.29, 0.717) is 16.6 Å². The molecule has 0 aliphatic heterocycles. The Kier molecular flexibility index (Phi) is 7.00. The summed E-state index contributed by atoms with van der Waals surface area (Å²) in [6.45, 7) is 4.53. The number of hydrogen-bond donors (Lipinski definition) is 2. The largest absolute Gasteiger partial charge is 0.354 e. The van der Waals surface area contributed by atoms with Crippen molar-refractivity contribution in [2.24, 2.45) is 5.73 Å². The van der Waals surface area contributed by atoms with E-state index in [1.54, 1.807) is 6.07 Å². The number of halogens is 3. The second kappa shape index (κ2) is 7.19. The van der Waals surface area contributed by atoms with Crippen LogP contribution in [0.25, 0.3) is 0 Å². The van der Waals surface area contributed by atoms with E-state index in [2.05, 4.69) is 5.32 Å². The highest BCUT2D eigenvalue weighted by molar-refractivity contribution is 6.42. The molecule has 3 N–H and O–H groups in total. The van der Waals surface area contributed by atoms with Crippen molar-refractivity contribution in [3.8, 4) is 0 Å². The van der Waals surface area contributed by atoms with Crippen molar-refractivity contribution in [2.75, 3.05) is 13.1 Å². The first-order valence-corrected chi connectivity index (χ1v) is 6.04. The van der Waals surface area contributed by atoms with Crippen molar-refractivity contribution in [3.63, 3.8) is 0 Å². The minimum absolute atomic E-state index is 0. The molecule has 1 rings (SSSR count). The van der Waals surface area contributed by atoms with Crippen LogP contribution in [0.15, 0.2) is 18.2 Å². The fraction of sp³-hybridized carbons (Fsp3) is 0.417. The Balaban J connectivity index is 0.00000289. The molecule has 0 spiro atoms. The van der Waals surface area contributed by atoms with Crippen molar-refractivity contribution in [3.05, 3.63) is 33.8 Å². The summed E-state index contributed by atoms with van der Waals surface area (Å²) in [7, 11) is 0. The van der Waals surface area contributed by atoms with E-state index in [9.17, 15) is 4.79 Å². The molecule has 102 valence electrons. The average molecular weight is 312 g/mol. The Morgan fingerprint density at radius 1 is 1.33 bits per heavy atom. The lowest BCUT2D eigenvalue weighted by molar-refractivity contribution is -0.119. The number of hydrogen-bond acceptors (Lipinski definition) is 2. The van der Waals surface area contributed by atoms with Crippen molar-refractivity contribution in [1.82, 2.24) is 5.32 Å². The van der Waals surface area contributed by atoms with E-state index in [1.165, 1.54) is 0 Å². The second-order valence-corrected chi connectivity index (χ2v) is 5.31. The lowest BCUT2D eigenvalue weighted by Crippen LogP contribution is -2.39. The quantitative estimate of drug-likeness (QED) is 0.898. The minimum Gasteiger partial charge on any atom is -0.354 e. The van der Waals surface area contributed by atoms with Gasteiger partial charge in [-0.05, 0) is 17.7 Å². The van der Waals surface area contributed by atoms with Crippen LogP contribution in [0.3, 0.4) is 0 Å². The summed E-state index contributed by atoms with van der Waals surface area (Å²) >= 11 is 11.8. The maximum atomic E-state index is 11.1. The Morgan fingerprint density at radius 2 is 1.94 bits per heavy atom. The molecule has 1 aromatic rings. The lowest BCUT2D eigenvalue weighted by atomic mass is 9.84. The molecule has 0 aromatic heterocycles. The van der Waals surface area contributed by atoms with Crippen LogP contribution in [-0.2, 0) is 10.2 Å². The van der Waals surface area contributed by atoms with Crippen LogP contribution in [0.5, 0.6) is 0 Å². The molecule has 18 heavy (non-hydrogen) atoms. The molecule has 0 radical (unpaired) electrons. The summed E-state index contributed by atoms with van der Waals surface area (Å²) in [6.07, 6.45) is 0. The van der Waals surface area contributed by atoms with Gasteiger partial charge < -0.3 is 11.1 Å². The molecule has 6 heteroatoms. The molecule has 0 atom stereocenters. The highest BCUT2D eigenvalue weighted by Gasteiger charge is 2.21. The number of nitrogens with two attached hydrogens (primary N) is 1. The fourth-order valence-electron chi connectivity index (χ4n) is 1.41. The van der Waals surface area contributed by atoms with E-state index >= 15 is 0 Å². The van der Waals surface area contributed by atoms with Crippen LogP contribution < -0.4 is 11.1 Å². The van der Waals surface area contributed by atoms with Crippen LogP contribution in [0.1, 0.15) is 19.4 Å². The highest BCUT2D eigenvalue weighted by atomic mass is 35.5. The Morgan fingerprint density at radius 3 is 2.44 bits per heavy atom. The molecular formula is C12H17Cl3N2O. The van der Waals surface area contributed by atoms with Gasteiger partial charge in [-0.15, -0.1) is 12.4 Å². The number of carbonyl (C=O) groups is 1. The van der Waals surface area contributed by atoms with Gasteiger partial charge in [0.2, 0.25) is 5.91 Å². The van der Waals surface area contributed by atoms with Gasteiger partial charge in [-0.2, -0.15) is 0 Å². The Hall–Kier alpha value is -0.480. The molecule has 0 fully saturated rings. The summed E-state index contributed by atoms with van der Waals surface area (Å²) in [5, 5.41) is 3.81. The van der Waals surface area contributed by atoms with Crippen LogP contribution >= 0.6 is 35.6 Å². The monoisotopic (exact) mass is 310 g/mol. The predicted molar refractivity (Wildman–Crippen MR) is 78.8 cm³/mol. The molecule has 0 heterocycles. The van der Waals surface area contributed by atoms with Gasteiger partial charge in [0.25, 0.3) is 0 Å². The van der Waals surface area contributed by atoms with Gasteiger partial charge in [0, 0.05) is 12.0 Å². The third-order valence-corrected chi connectivity index (χ3v) is 3.35. The Labute approximate surface area is 123 Å². The highest BCUT2D eigenvalue weighted by Crippen LogP contribution is 2.29. The number of rotatable bonds is 4. The average Bonchev–Trinajstić information content (AvgIpc) is 2.29. The molecule has 0 aliphatic carbocycles. The maximum absolute atomic E-state index is 11.1. The molecule has 1 amide bonds. The summed E-state index contributed by atoms with van der Waals surface area (Å²) in [5.41, 5.74) is 6.03. The normalized spacial score (nSPS) is 10.7. The number of amides is 1. The first kappa shape index (κ1) is 17.5. The zero-order chi connectivity index (χ0) is 13.1. The molecule has 3 nitrogen and oxygen atoms in total. The number of carbonyl (C=O) groups excluding carboxylic acids is 1. The van der Waals surface area contributed by atoms with Crippen molar-refractivity contribution in [1.29, 1.82) is 0 Å². The number of nitrogens with one attached hydrogen (secondary N) is 1. The lowest BCUT2D eigenvalue weighted by Gasteiger charge is -2.26. The van der Waals surface area contributed by atoms with E-state index < -0.39 is 0 Å². The fourth-order valence-corrected chi connectivity index (χ4v) is 1.71. The SMILES string of the molecule is CC(C)(CNC(=O)CN)c1ccc(Cl)c(Cl)c1.Cl. The standard InChI is InChI=1S/C12H16Cl2N2O.ClH/c1-12(2,7-16-11(17)6-15)8-3-4-9(13)10(14)5-8;/h3-5H,6-7,15H2,1-2H3,(H,16,17);1H. The van der Waals surface area contributed by atoms with E-state index in [0.717, 1.165) is 5.56 Å². The summed E-state index contributed by atoms with van der Waals surface area (Å²) < 4.78 is 0. The zero-order valence-electron chi connectivity index (χ0n) is 10.3. The van der Waals surface area contributed by atoms with Gasteiger partial charge in [0.05, 0.1) is 16.6 Å². The van der Waals surface area contributed by atoms with Gasteiger partial charge in [-0.1, -0.05) is 43.1 Å². The van der Waals surface area contributed by atoms with Crippen molar-refractivity contribution < 1.29 is 4.79 Å². The summed E-state index contributed by atoms with van der Waals surface area (Å²) in [6, 6.07) is 5.48. The number of benzene rings is 1. The van der Waals surface area contributed by atoms with E-state index in [-0.39, 0.29) is 30.3 Å². The van der Waals surface area contributed by atoms with Gasteiger partial charge >= 0.3 is 0 Å². The predicted octanol–water partition coefficient (Wildman–Crippen LogP) is 2.77. The van der Waals surface area contributed by atoms with Crippen LogP contribution in [0.4, 0.5) is 0 Å². The summed E-state index contributed by atoms with van der Waals surface area (Å²) in [5.74, 6) is -0.168. The molecular weight excluding hydrogens is 295 g/mol. The smallest absolute Gasteiger partial charge is 0.233 e. The minimum atomic E-state index is -0.223. The van der Waals surface area contributed by atoms with Crippen LogP contribution in [0.2, 0.25) is 10.0 Å². The van der Waals surface area contributed by atoms with Crippen LogP contribution in [0, 0.1) is 0 Å². The molecule has 1 aromatic carbocycles. The van der Waals surface area contributed by atoms with Crippen molar-refractivity contribution >= 4 is 41.5 Å². The Bertz CT molecular complexity index is 422. The van der Waals surface area contributed by atoms with E-state index in [1.807, 2.05) is 26.0 Å². The third-order valence-electron chi connectivity index (χ3n) is 2.61. The maximum Gasteiger partial charge on any atom is 0.233 e. The zero-order valence-corrected chi connectivity index (χ0v) is 12.6. The molecule has 0 unspecified atom stereocenters. The van der Waals surface area contributed by atoms with E-state index in [4.69, 9.17) is 28.9 Å². The van der Waals surface area contributed by atoms with Gasteiger partial charge in [-0.3, -0.25) is 4.79 Å².